The van der Waals surface area contributed by atoms with Crippen LogP contribution >= 0.6 is 0 Å². The number of esters is 1. The van der Waals surface area contributed by atoms with Gasteiger partial charge in [0.1, 0.15) is 0 Å². The minimum absolute atomic E-state index is 0.0128. The zero-order valence-corrected chi connectivity index (χ0v) is 14.5. The van der Waals surface area contributed by atoms with E-state index in [9.17, 15) is 4.79 Å². The van der Waals surface area contributed by atoms with Crippen LogP contribution in [0, 0.1) is 11.8 Å². The van der Waals surface area contributed by atoms with Crippen molar-refractivity contribution >= 4 is 5.97 Å². The Hall–Kier alpha value is -1.65. The van der Waals surface area contributed by atoms with E-state index >= 15 is 0 Å². The number of carbonyl (C=O) groups is 1. The minimum atomic E-state index is -0.203. The summed E-state index contributed by atoms with van der Waals surface area (Å²) in [6, 6.07) is 8.34. The summed E-state index contributed by atoms with van der Waals surface area (Å²) in [5, 5.41) is 0. The second-order valence-electron chi connectivity index (χ2n) is 7.02. The number of ether oxygens (including phenoxy) is 3. The summed E-state index contributed by atoms with van der Waals surface area (Å²) in [5.41, 5.74) is 4.37. The Morgan fingerprint density at radius 2 is 1.96 bits per heavy atom. The van der Waals surface area contributed by atoms with E-state index in [1.54, 1.807) is 7.11 Å². The van der Waals surface area contributed by atoms with Gasteiger partial charge in [0.05, 0.1) is 19.3 Å². The Kier molecular flexibility index (Phi) is 3.97. The molecule has 0 aromatic heterocycles. The normalized spacial score (nSPS) is 34.4. The lowest BCUT2D eigenvalue weighted by atomic mass is 9.67. The van der Waals surface area contributed by atoms with E-state index in [2.05, 4.69) is 19.1 Å². The fraction of sp³-hybridized carbons (Fsp3) is 0.550. The molecule has 0 amide bonds. The topological polar surface area (TPSA) is 44.8 Å². The number of hydrogen-bond acceptors (Lipinski definition) is 4. The Bertz CT molecular complexity index is 693. The fourth-order valence-electron chi connectivity index (χ4n) is 5.10. The van der Waals surface area contributed by atoms with E-state index in [0.717, 1.165) is 30.6 Å². The van der Waals surface area contributed by atoms with Crippen molar-refractivity contribution < 1.29 is 19.0 Å². The predicted molar refractivity (Wildman–Crippen MR) is 89.6 cm³/mol. The molecule has 1 aliphatic heterocycles. The fourth-order valence-corrected chi connectivity index (χ4v) is 5.10. The van der Waals surface area contributed by atoms with E-state index in [0.29, 0.717) is 0 Å². The molecule has 3 aliphatic rings. The third kappa shape index (κ3) is 2.09. The van der Waals surface area contributed by atoms with Gasteiger partial charge in [0, 0.05) is 31.1 Å². The molecule has 4 rings (SSSR count). The van der Waals surface area contributed by atoms with Crippen LogP contribution in [0.1, 0.15) is 42.9 Å². The van der Waals surface area contributed by atoms with E-state index in [4.69, 9.17) is 14.2 Å². The van der Waals surface area contributed by atoms with Crippen molar-refractivity contribution in [1.82, 2.24) is 0 Å². The third-order valence-corrected chi connectivity index (χ3v) is 6.00. The maximum atomic E-state index is 12.6. The highest BCUT2D eigenvalue weighted by atomic mass is 16.5. The lowest BCUT2D eigenvalue weighted by molar-refractivity contribution is -0.136. The average molecular weight is 328 g/mol. The Morgan fingerprint density at radius 1 is 1.21 bits per heavy atom. The molecule has 128 valence electrons. The highest BCUT2D eigenvalue weighted by Gasteiger charge is 2.54. The van der Waals surface area contributed by atoms with Gasteiger partial charge in [0.25, 0.3) is 0 Å². The average Bonchev–Trinajstić information content (AvgIpc) is 2.97. The van der Waals surface area contributed by atoms with Crippen molar-refractivity contribution in [3.05, 3.63) is 46.5 Å². The van der Waals surface area contributed by atoms with Gasteiger partial charge in [0.15, 0.2) is 0 Å². The third-order valence-electron chi connectivity index (χ3n) is 6.00. The summed E-state index contributed by atoms with van der Waals surface area (Å²) in [4.78, 5) is 12.6. The molecule has 4 nitrogen and oxygen atoms in total. The number of rotatable bonds is 2. The first-order chi connectivity index (χ1) is 11.7. The van der Waals surface area contributed by atoms with Gasteiger partial charge in [-0.25, -0.2) is 4.79 Å². The SMILES string of the molecule is COC(=O)C1=C2CCCO[C@H]2[C@@H]2[C@@H](C)[C@H](OC)c3ccccc3[C@H]12. The molecule has 0 saturated carbocycles. The van der Waals surface area contributed by atoms with Crippen LogP contribution in [0.5, 0.6) is 0 Å². The monoisotopic (exact) mass is 328 g/mol. The van der Waals surface area contributed by atoms with Crippen LogP contribution in [0.3, 0.4) is 0 Å². The van der Waals surface area contributed by atoms with Crippen LogP contribution in [0.4, 0.5) is 0 Å². The second kappa shape index (κ2) is 6.01. The Labute approximate surface area is 142 Å². The van der Waals surface area contributed by atoms with Gasteiger partial charge in [-0.15, -0.1) is 0 Å². The lowest BCUT2D eigenvalue weighted by Crippen LogP contribution is -2.39. The van der Waals surface area contributed by atoms with Crippen LogP contribution in [-0.2, 0) is 19.0 Å². The summed E-state index contributed by atoms with van der Waals surface area (Å²) >= 11 is 0. The molecule has 4 heteroatoms. The highest BCUT2D eigenvalue weighted by Crippen LogP contribution is 2.58. The van der Waals surface area contributed by atoms with Crippen molar-refractivity contribution in [3.8, 4) is 0 Å². The Balaban J connectivity index is 1.92. The van der Waals surface area contributed by atoms with Crippen molar-refractivity contribution in [2.75, 3.05) is 20.8 Å². The van der Waals surface area contributed by atoms with Crippen molar-refractivity contribution in [3.63, 3.8) is 0 Å². The molecule has 0 spiro atoms. The van der Waals surface area contributed by atoms with Gasteiger partial charge < -0.3 is 14.2 Å². The second-order valence-corrected chi connectivity index (χ2v) is 7.02. The van der Waals surface area contributed by atoms with Gasteiger partial charge in [-0.3, -0.25) is 0 Å². The zero-order chi connectivity index (χ0) is 16.8. The van der Waals surface area contributed by atoms with Crippen LogP contribution < -0.4 is 0 Å². The molecule has 0 N–H and O–H groups in total. The first-order valence-electron chi connectivity index (χ1n) is 8.73. The maximum absolute atomic E-state index is 12.6. The minimum Gasteiger partial charge on any atom is -0.466 e. The molecule has 0 unspecified atom stereocenters. The zero-order valence-electron chi connectivity index (χ0n) is 14.5. The molecule has 1 aromatic carbocycles. The lowest BCUT2D eigenvalue weighted by Gasteiger charge is -2.42. The van der Waals surface area contributed by atoms with Gasteiger partial charge >= 0.3 is 5.97 Å². The smallest absolute Gasteiger partial charge is 0.334 e. The van der Waals surface area contributed by atoms with Gasteiger partial charge in [0.2, 0.25) is 0 Å². The predicted octanol–water partition coefficient (Wildman–Crippen LogP) is 3.39. The molecule has 1 heterocycles. The van der Waals surface area contributed by atoms with Gasteiger partial charge in [-0.1, -0.05) is 31.2 Å². The van der Waals surface area contributed by atoms with Crippen molar-refractivity contribution in [2.24, 2.45) is 11.8 Å². The van der Waals surface area contributed by atoms with Crippen LogP contribution in [0.15, 0.2) is 35.4 Å². The van der Waals surface area contributed by atoms with E-state index in [-0.39, 0.29) is 35.9 Å². The van der Waals surface area contributed by atoms with Crippen molar-refractivity contribution in [2.45, 2.75) is 37.9 Å². The quantitative estimate of drug-likeness (QED) is 0.781. The van der Waals surface area contributed by atoms with E-state index in [1.807, 2.05) is 12.1 Å². The molecule has 0 bridgehead atoms. The molecule has 1 saturated heterocycles. The number of hydrogen-bond donors (Lipinski definition) is 0. The van der Waals surface area contributed by atoms with E-state index in [1.165, 1.54) is 18.2 Å². The molecule has 1 aromatic rings. The van der Waals surface area contributed by atoms with Gasteiger partial charge in [-0.05, 0) is 35.5 Å². The van der Waals surface area contributed by atoms with Crippen LogP contribution in [0.25, 0.3) is 0 Å². The Morgan fingerprint density at radius 3 is 2.67 bits per heavy atom. The standard InChI is InChI=1S/C20H24O4/c1-11-15-16(12-7-4-5-8-13(12)18(11)22-2)17(20(21)23-3)14-9-6-10-24-19(14)15/h4-5,7-8,11,15-16,18-19H,6,9-10H2,1-3H3/t11-,15-,16+,18+,19-/m1/s1. The first kappa shape index (κ1) is 15.9. The molecular weight excluding hydrogens is 304 g/mol. The summed E-state index contributed by atoms with van der Waals surface area (Å²) in [6.07, 6.45) is 1.94. The van der Waals surface area contributed by atoms with E-state index < -0.39 is 0 Å². The number of methoxy groups -OCH3 is 2. The van der Waals surface area contributed by atoms with Crippen LogP contribution in [0.2, 0.25) is 0 Å². The summed E-state index contributed by atoms with van der Waals surface area (Å²) in [5.74, 6) is 0.350. The van der Waals surface area contributed by atoms with Gasteiger partial charge in [-0.2, -0.15) is 0 Å². The summed E-state index contributed by atoms with van der Waals surface area (Å²) < 4.78 is 17.2. The molecule has 1 fully saturated rings. The highest BCUT2D eigenvalue weighted by molar-refractivity contribution is 5.92. The molecule has 2 aliphatic carbocycles. The molecule has 24 heavy (non-hydrogen) atoms. The summed E-state index contributed by atoms with van der Waals surface area (Å²) in [6.45, 7) is 2.98. The molecular formula is C20H24O4. The van der Waals surface area contributed by atoms with Crippen molar-refractivity contribution in [1.29, 1.82) is 0 Å². The number of carbonyl (C=O) groups excluding carboxylic acids is 1. The maximum Gasteiger partial charge on any atom is 0.334 e. The molecule has 0 radical (unpaired) electrons. The number of benzene rings is 1. The first-order valence-corrected chi connectivity index (χ1v) is 8.73. The largest absolute Gasteiger partial charge is 0.466 e. The number of fused-ring (bicyclic) bond motifs is 5. The van der Waals surface area contributed by atoms with Crippen LogP contribution in [-0.4, -0.2) is 32.9 Å². The summed E-state index contributed by atoms with van der Waals surface area (Å²) in [7, 11) is 3.24. The molecule has 5 atom stereocenters.